The highest BCUT2D eigenvalue weighted by Gasteiger charge is 2.11. The second-order valence-corrected chi connectivity index (χ2v) is 6.05. The maximum Gasteiger partial charge on any atom is 0.276 e. The molecule has 0 saturated carbocycles. The number of rotatable bonds is 4. The van der Waals surface area contributed by atoms with Crippen LogP contribution in [-0.2, 0) is 6.54 Å². The summed E-state index contributed by atoms with van der Waals surface area (Å²) in [4.78, 5) is 24.4. The Morgan fingerprint density at radius 1 is 1.12 bits per heavy atom. The Kier molecular flexibility index (Phi) is 4.95. The summed E-state index contributed by atoms with van der Waals surface area (Å²) in [5.74, 6) is -0.382. The first-order valence-electron chi connectivity index (χ1n) is 7.72. The fourth-order valence-corrected chi connectivity index (χ4v) is 2.62. The molecule has 0 saturated heterocycles. The van der Waals surface area contributed by atoms with Crippen LogP contribution >= 0.6 is 11.6 Å². The number of carbonyl (C=O) groups excluding carboxylic acids is 1. The van der Waals surface area contributed by atoms with Crippen LogP contribution in [0.5, 0.6) is 0 Å². The summed E-state index contributed by atoms with van der Waals surface area (Å²) in [7, 11) is 0. The van der Waals surface area contributed by atoms with Crippen molar-refractivity contribution in [1.82, 2.24) is 9.78 Å². The molecule has 1 N–H and O–H groups in total. The molecule has 0 aliphatic heterocycles. The summed E-state index contributed by atoms with van der Waals surface area (Å²) >= 11 is 5.92. The van der Waals surface area contributed by atoms with E-state index >= 15 is 0 Å². The second-order valence-electron chi connectivity index (χ2n) is 5.61. The third kappa shape index (κ3) is 4.14. The van der Waals surface area contributed by atoms with E-state index in [1.807, 2.05) is 37.3 Å². The Labute approximate surface area is 149 Å². The molecule has 0 unspecified atom stereocenters. The highest BCUT2D eigenvalue weighted by molar-refractivity contribution is 6.30. The number of hydrogen-bond donors (Lipinski definition) is 1. The van der Waals surface area contributed by atoms with Gasteiger partial charge in [0.2, 0.25) is 0 Å². The zero-order valence-corrected chi connectivity index (χ0v) is 14.3. The van der Waals surface area contributed by atoms with E-state index in [2.05, 4.69) is 10.4 Å². The summed E-state index contributed by atoms with van der Waals surface area (Å²) < 4.78 is 1.28. The zero-order chi connectivity index (χ0) is 17.8. The van der Waals surface area contributed by atoms with Gasteiger partial charge in [-0.05, 0) is 42.3 Å². The summed E-state index contributed by atoms with van der Waals surface area (Å²) in [6, 6.07) is 17.4. The van der Waals surface area contributed by atoms with Crippen LogP contribution in [-0.4, -0.2) is 15.7 Å². The molecule has 126 valence electrons. The molecule has 0 aliphatic rings. The average molecular weight is 354 g/mol. The van der Waals surface area contributed by atoms with Gasteiger partial charge in [0, 0.05) is 16.8 Å². The third-order valence-corrected chi connectivity index (χ3v) is 3.95. The fraction of sp³-hybridized carbons (Fsp3) is 0.105. The van der Waals surface area contributed by atoms with E-state index < -0.39 is 0 Å². The molecule has 3 rings (SSSR count). The molecule has 3 aromatic rings. The van der Waals surface area contributed by atoms with Gasteiger partial charge in [0.25, 0.3) is 11.5 Å². The lowest BCUT2D eigenvalue weighted by Crippen LogP contribution is -2.26. The van der Waals surface area contributed by atoms with Crippen LogP contribution in [0.25, 0.3) is 0 Å². The highest BCUT2D eigenvalue weighted by atomic mass is 35.5. The average Bonchev–Trinajstić information content (AvgIpc) is 2.60. The third-order valence-electron chi connectivity index (χ3n) is 3.71. The minimum atomic E-state index is -0.382. The number of aromatic nitrogens is 2. The molecule has 0 bridgehead atoms. The minimum Gasteiger partial charge on any atom is -0.320 e. The Bertz CT molecular complexity index is 968. The molecule has 2 aromatic carbocycles. The van der Waals surface area contributed by atoms with Crippen molar-refractivity contribution in [2.24, 2.45) is 0 Å². The lowest BCUT2D eigenvalue weighted by Gasteiger charge is -2.10. The van der Waals surface area contributed by atoms with Gasteiger partial charge >= 0.3 is 0 Å². The number of aryl methyl sites for hydroxylation is 1. The van der Waals surface area contributed by atoms with Gasteiger partial charge in [0.1, 0.15) is 5.69 Å². The SMILES string of the molecule is Cc1cc(Cl)ccc1NC(=O)c1ccc(=O)n(Cc2ccccc2)n1. The summed E-state index contributed by atoms with van der Waals surface area (Å²) in [6.45, 7) is 2.16. The maximum absolute atomic E-state index is 12.4. The van der Waals surface area contributed by atoms with Gasteiger partial charge in [-0.3, -0.25) is 9.59 Å². The number of hydrogen-bond acceptors (Lipinski definition) is 3. The number of carbonyl (C=O) groups is 1. The first kappa shape index (κ1) is 16.9. The molecule has 6 heteroatoms. The lowest BCUT2D eigenvalue weighted by molar-refractivity contribution is 0.102. The van der Waals surface area contributed by atoms with E-state index in [4.69, 9.17) is 11.6 Å². The number of halogens is 1. The van der Waals surface area contributed by atoms with Gasteiger partial charge < -0.3 is 5.32 Å². The molecule has 1 aromatic heterocycles. The van der Waals surface area contributed by atoms with Crippen molar-refractivity contribution in [1.29, 1.82) is 0 Å². The van der Waals surface area contributed by atoms with Crippen LogP contribution in [0.2, 0.25) is 5.02 Å². The summed E-state index contributed by atoms with van der Waals surface area (Å²) in [5.41, 5.74) is 2.34. The van der Waals surface area contributed by atoms with Crippen LogP contribution in [0, 0.1) is 6.92 Å². The van der Waals surface area contributed by atoms with E-state index in [0.29, 0.717) is 17.3 Å². The predicted molar refractivity (Wildman–Crippen MR) is 98.2 cm³/mol. The number of nitrogens with zero attached hydrogens (tertiary/aromatic N) is 2. The van der Waals surface area contributed by atoms with E-state index in [-0.39, 0.29) is 17.2 Å². The van der Waals surface area contributed by atoms with Crippen molar-refractivity contribution in [3.05, 3.63) is 92.9 Å². The van der Waals surface area contributed by atoms with E-state index in [0.717, 1.165) is 11.1 Å². The van der Waals surface area contributed by atoms with Gasteiger partial charge in [0.15, 0.2) is 0 Å². The normalized spacial score (nSPS) is 10.5. The monoisotopic (exact) mass is 353 g/mol. The van der Waals surface area contributed by atoms with Crippen LogP contribution in [0.15, 0.2) is 65.5 Å². The van der Waals surface area contributed by atoms with Crippen molar-refractivity contribution >= 4 is 23.2 Å². The van der Waals surface area contributed by atoms with Crippen molar-refractivity contribution < 1.29 is 4.79 Å². The van der Waals surface area contributed by atoms with Gasteiger partial charge in [-0.1, -0.05) is 41.9 Å². The van der Waals surface area contributed by atoms with E-state index in [1.54, 1.807) is 18.2 Å². The van der Waals surface area contributed by atoms with Crippen LogP contribution in [0.4, 0.5) is 5.69 Å². The molecule has 1 amide bonds. The van der Waals surface area contributed by atoms with Gasteiger partial charge in [0.05, 0.1) is 6.54 Å². The molecule has 0 atom stereocenters. The van der Waals surface area contributed by atoms with Gasteiger partial charge in [-0.25, -0.2) is 4.68 Å². The van der Waals surface area contributed by atoms with Crippen LogP contribution in [0.3, 0.4) is 0 Å². The first-order valence-corrected chi connectivity index (χ1v) is 8.10. The van der Waals surface area contributed by atoms with E-state index in [9.17, 15) is 9.59 Å². The van der Waals surface area contributed by atoms with Crippen molar-refractivity contribution in [2.75, 3.05) is 5.32 Å². The molecule has 25 heavy (non-hydrogen) atoms. The van der Waals surface area contributed by atoms with Gasteiger partial charge in [-0.15, -0.1) is 0 Å². The highest BCUT2D eigenvalue weighted by Crippen LogP contribution is 2.20. The zero-order valence-electron chi connectivity index (χ0n) is 13.6. The topological polar surface area (TPSA) is 64.0 Å². The van der Waals surface area contributed by atoms with Crippen molar-refractivity contribution in [2.45, 2.75) is 13.5 Å². The molecule has 1 heterocycles. The lowest BCUT2D eigenvalue weighted by atomic mass is 10.2. The molecule has 5 nitrogen and oxygen atoms in total. The van der Waals surface area contributed by atoms with E-state index in [1.165, 1.54) is 16.8 Å². The quantitative estimate of drug-likeness (QED) is 0.780. The molecular weight excluding hydrogens is 338 g/mol. The van der Waals surface area contributed by atoms with Crippen LogP contribution in [0.1, 0.15) is 21.6 Å². The number of anilines is 1. The Balaban J connectivity index is 1.83. The van der Waals surface area contributed by atoms with Gasteiger partial charge in [-0.2, -0.15) is 5.10 Å². The smallest absolute Gasteiger partial charge is 0.276 e. The predicted octanol–water partition coefficient (Wildman–Crippen LogP) is 3.51. The summed E-state index contributed by atoms with van der Waals surface area (Å²) in [5, 5.41) is 7.57. The fourth-order valence-electron chi connectivity index (χ4n) is 2.39. The maximum atomic E-state index is 12.4. The minimum absolute atomic E-state index is 0.171. The molecule has 0 radical (unpaired) electrons. The Morgan fingerprint density at radius 3 is 2.60 bits per heavy atom. The largest absolute Gasteiger partial charge is 0.320 e. The number of amides is 1. The Hall–Kier alpha value is -2.92. The summed E-state index contributed by atoms with van der Waals surface area (Å²) in [6.07, 6.45) is 0. The first-order chi connectivity index (χ1) is 12.0. The van der Waals surface area contributed by atoms with Crippen LogP contribution < -0.4 is 10.9 Å². The second kappa shape index (κ2) is 7.32. The van der Waals surface area contributed by atoms with Crippen molar-refractivity contribution in [3.63, 3.8) is 0 Å². The molecule has 0 aliphatic carbocycles. The standard InChI is InChI=1S/C19H16ClN3O2/c1-13-11-15(20)7-8-16(13)21-19(25)17-9-10-18(24)23(22-17)12-14-5-3-2-4-6-14/h2-11H,12H2,1H3,(H,21,25). The molecular formula is C19H16ClN3O2. The molecule has 0 fully saturated rings. The van der Waals surface area contributed by atoms with Crippen molar-refractivity contribution in [3.8, 4) is 0 Å². The molecule has 0 spiro atoms. The number of nitrogens with one attached hydrogen (secondary N) is 1. The Morgan fingerprint density at radius 2 is 1.88 bits per heavy atom. The number of benzene rings is 2.